The SMILES string of the molecule is COC(=O)Cc1cc(C)c(Br)cc1[N+](=O)[O-]. The minimum Gasteiger partial charge on any atom is -0.469 e. The van der Waals surface area contributed by atoms with E-state index in [2.05, 4.69) is 20.7 Å². The molecule has 0 heterocycles. The van der Waals surface area contributed by atoms with Gasteiger partial charge in [0.05, 0.1) is 18.5 Å². The van der Waals surface area contributed by atoms with Crippen LogP contribution in [0.25, 0.3) is 0 Å². The summed E-state index contributed by atoms with van der Waals surface area (Å²) >= 11 is 3.21. The van der Waals surface area contributed by atoms with E-state index in [-0.39, 0.29) is 12.1 Å². The van der Waals surface area contributed by atoms with E-state index >= 15 is 0 Å². The minimum atomic E-state index is -0.511. The highest BCUT2D eigenvalue weighted by atomic mass is 79.9. The molecule has 0 aliphatic carbocycles. The van der Waals surface area contributed by atoms with Crippen molar-refractivity contribution in [1.82, 2.24) is 0 Å². The van der Waals surface area contributed by atoms with Gasteiger partial charge in [0.1, 0.15) is 0 Å². The Bertz CT molecular complexity index is 445. The van der Waals surface area contributed by atoms with Crippen LogP contribution >= 0.6 is 15.9 Å². The largest absolute Gasteiger partial charge is 0.469 e. The van der Waals surface area contributed by atoms with Gasteiger partial charge in [-0.1, -0.05) is 15.9 Å². The molecule has 1 rings (SSSR count). The number of nitrogens with zero attached hydrogens (tertiary/aromatic N) is 1. The second-order valence-corrected chi connectivity index (χ2v) is 4.09. The Morgan fingerprint density at radius 2 is 2.19 bits per heavy atom. The third kappa shape index (κ3) is 2.79. The number of aryl methyl sites for hydroxylation is 1. The van der Waals surface area contributed by atoms with Gasteiger partial charge in [-0.15, -0.1) is 0 Å². The molecule has 0 unspecified atom stereocenters. The number of rotatable bonds is 3. The molecule has 1 aromatic rings. The smallest absolute Gasteiger partial charge is 0.310 e. The molecule has 86 valence electrons. The van der Waals surface area contributed by atoms with Crippen LogP contribution in [0.2, 0.25) is 0 Å². The highest BCUT2D eigenvalue weighted by Crippen LogP contribution is 2.27. The second kappa shape index (κ2) is 5.07. The number of nitro groups is 1. The van der Waals surface area contributed by atoms with Crippen molar-refractivity contribution in [3.63, 3.8) is 0 Å². The summed E-state index contributed by atoms with van der Waals surface area (Å²) in [5.74, 6) is -0.496. The lowest BCUT2D eigenvalue weighted by molar-refractivity contribution is -0.385. The average Bonchev–Trinajstić information content (AvgIpc) is 2.22. The topological polar surface area (TPSA) is 69.4 Å². The van der Waals surface area contributed by atoms with E-state index in [1.807, 2.05) is 0 Å². The molecule has 16 heavy (non-hydrogen) atoms. The van der Waals surface area contributed by atoms with Crippen molar-refractivity contribution in [2.45, 2.75) is 13.3 Å². The third-order valence-corrected chi connectivity index (χ3v) is 2.97. The summed E-state index contributed by atoms with van der Waals surface area (Å²) in [6, 6.07) is 3.01. The van der Waals surface area contributed by atoms with Crippen molar-refractivity contribution in [1.29, 1.82) is 0 Å². The molecule has 0 saturated heterocycles. The van der Waals surface area contributed by atoms with Crippen molar-refractivity contribution in [2.75, 3.05) is 7.11 Å². The molecule has 0 aromatic heterocycles. The van der Waals surface area contributed by atoms with Crippen LogP contribution in [0.15, 0.2) is 16.6 Å². The number of methoxy groups -OCH3 is 1. The molecule has 0 saturated carbocycles. The molecule has 1 aromatic carbocycles. The molecule has 0 radical (unpaired) electrons. The Labute approximate surface area is 101 Å². The second-order valence-electron chi connectivity index (χ2n) is 3.24. The van der Waals surface area contributed by atoms with Gasteiger partial charge in [-0.3, -0.25) is 14.9 Å². The van der Waals surface area contributed by atoms with E-state index in [0.717, 1.165) is 5.56 Å². The van der Waals surface area contributed by atoms with Crippen LogP contribution in [-0.4, -0.2) is 18.0 Å². The molecule has 0 N–H and O–H groups in total. The maximum Gasteiger partial charge on any atom is 0.310 e. The van der Waals surface area contributed by atoms with E-state index in [1.54, 1.807) is 13.0 Å². The predicted molar refractivity (Wildman–Crippen MR) is 61.3 cm³/mol. The minimum absolute atomic E-state index is 0.0807. The van der Waals surface area contributed by atoms with Crippen LogP contribution in [0.1, 0.15) is 11.1 Å². The number of hydrogen-bond acceptors (Lipinski definition) is 4. The quantitative estimate of drug-likeness (QED) is 0.486. The first kappa shape index (κ1) is 12.6. The van der Waals surface area contributed by atoms with Crippen molar-refractivity contribution >= 4 is 27.6 Å². The van der Waals surface area contributed by atoms with Gasteiger partial charge in [-0.25, -0.2) is 0 Å². The lowest BCUT2D eigenvalue weighted by Crippen LogP contribution is -2.07. The van der Waals surface area contributed by atoms with Gasteiger partial charge in [0.25, 0.3) is 5.69 Å². The number of halogens is 1. The number of ether oxygens (including phenoxy) is 1. The van der Waals surface area contributed by atoms with E-state index in [4.69, 9.17) is 0 Å². The number of carbonyl (C=O) groups is 1. The van der Waals surface area contributed by atoms with E-state index in [0.29, 0.717) is 10.0 Å². The zero-order valence-corrected chi connectivity index (χ0v) is 10.4. The van der Waals surface area contributed by atoms with Gasteiger partial charge in [-0.2, -0.15) is 0 Å². The maximum atomic E-state index is 11.1. The lowest BCUT2D eigenvalue weighted by Gasteiger charge is -2.05. The molecule has 0 atom stereocenters. The summed E-state index contributed by atoms with van der Waals surface area (Å²) in [5.41, 5.74) is 1.12. The first-order valence-electron chi connectivity index (χ1n) is 4.46. The van der Waals surface area contributed by atoms with Crippen molar-refractivity contribution < 1.29 is 14.5 Å². The van der Waals surface area contributed by atoms with Gasteiger partial charge >= 0.3 is 5.97 Å². The van der Waals surface area contributed by atoms with Gasteiger partial charge < -0.3 is 4.74 Å². The fraction of sp³-hybridized carbons (Fsp3) is 0.300. The Morgan fingerprint density at radius 1 is 1.56 bits per heavy atom. The molecule has 0 amide bonds. The van der Waals surface area contributed by atoms with Gasteiger partial charge in [0.15, 0.2) is 0 Å². The number of benzene rings is 1. The number of nitro benzene ring substituents is 1. The highest BCUT2D eigenvalue weighted by Gasteiger charge is 2.18. The van der Waals surface area contributed by atoms with E-state index in [9.17, 15) is 14.9 Å². The predicted octanol–water partition coefficient (Wildman–Crippen LogP) is 2.38. The Kier molecular flexibility index (Phi) is 4.00. The van der Waals surface area contributed by atoms with Crippen LogP contribution < -0.4 is 0 Å². The van der Waals surface area contributed by atoms with Crippen molar-refractivity contribution in [3.8, 4) is 0 Å². The summed E-state index contributed by atoms with van der Waals surface area (Å²) in [4.78, 5) is 21.4. The Morgan fingerprint density at radius 3 is 2.69 bits per heavy atom. The average molecular weight is 288 g/mol. The maximum absolute atomic E-state index is 11.1. The van der Waals surface area contributed by atoms with Crippen LogP contribution in [0.3, 0.4) is 0 Å². The number of esters is 1. The first-order chi connectivity index (χ1) is 7.45. The van der Waals surface area contributed by atoms with Crippen LogP contribution in [-0.2, 0) is 16.0 Å². The zero-order valence-electron chi connectivity index (χ0n) is 8.82. The first-order valence-corrected chi connectivity index (χ1v) is 5.25. The lowest BCUT2D eigenvalue weighted by atomic mass is 10.1. The Hall–Kier alpha value is -1.43. The highest BCUT2D eigenvalue weighted by molar-refractivity contribution is 9.10. The molecule has 0 spiro atoms. The standard InChI is InChI=1S/C10H10BrNO4/c1-6-3-7(4-10(13)16-2)9(12(14)15)5-8(6)11/h3,5H,4H2,1-2H3. The third-order valence-electron chi connectivity index (χ3n) is 2.12. The van der Waals surface area contributed by atoms with Gasteiger partial charge in [0.2, 0.25) is 0 Å². The summed E-state index contributed by atoms with van der Waals surface area (Å²) in [7, 11) is 1.25. The van der Waals surface area contributed by atoms with Crippen LogP contribution in [0.5, 0.6) is 0 Å². The monoisotopic (exact) mass is 287 g/mol. The fourth-order valence-corrected chi connectivity index (χ4v) is 1.60. The summed E-state index contributed by atoms with van der Waals surface area (Å²) in [6.45, 7) is 1.80. The fourth-order valence-electron chi connectivity index (χ4n) is 1.27. The van der Waals surface area contributed by atoms with E-state index < -0.39 is 10.9 Å². The van der Waals surface area contributed by atoms with Crippen molar-refractivity contribution in [2.24, 2.45) is 0 Å². The Balaban J connectivity index is 3.19. The summed E-state index contributed by atoms with van der Waals surface area (Å²) in [5, 5.41) is 10.8. The van der Waals surface area contributed by atoms with Crippen LogP contribution in [0.4, 0.5) is 5.69 Å². The van der Waals surface area contributed by atoms with Gasteiger partial charge in [-0.05, 0) is 18.6 Å². The number of carbonyl (C=O) groups excluding carboxylic acids is 1. The van der Waals surface area contributed by atoms with E-state index in [1.165, 1.54) is 13.2 Å². The van der Waals surface area contributed by atoms with Crippen molar-refractivity contribution in [3.05, 3.63) is 37.8 Å². The molecular weight excluding hydrogens is 278 g/mol. The molecule has 5 nitrogen and oxygen atoms in total. The number of hydrogen-bond donors (Lipinski definition) is 0. The van der Waals surface area contributed by atoms with Gasteiger partial charge in [0, 0.05) is 16.1 Å². The molecule has 0 aliphatic rings. The summed E-state index contributed by atoms with van der Waals surface area (Å²) in [6.07, 6.45) is -0.0963. The zero-order chi connectivity index (χ0) is 12.3. The molecule has 0 bridgehead atoms. The molecule has 6 heteroatoms. The summed E-state index contributed by atoms with van der Waals surface area (Å²) < 4.78 is 5.13. The molecule has 0 aliphatic heterocycles. The molecular formula is C10H10BrNO4. The normalized spacial score (nSPS) is 9.94. The van der Waals surface area contributed by atoms with Crippen LogP contribution in [0, 0.1) is 17.0 Å². The molecule has 0 fully saturated rings.